The number of carbonyl (C=O) groups excluding carboxylic acids is 1. The molecule has 1 fully saturated rings. The number of aromatic hydroxyl groups is 2. The second kappa shape index (κ2) is 8.61. The predicted octanol–water partition coefficient (Wildman–Crippen LogP) is 3.03. The highest BCUT2D eigenvalue weighted by atomic mass is 16.5. The SMILES string of the molecule is CC1(C)CC(NC(=O)COc2cc(O)cc(/C=C/c3ccc(O)cc3)c2)C(C)(C)N1[OH2+]. The van der Waals surface area contributed by atoms with E-state index in [1.54, 1.807) is 41.5 Å². The molecule has 166 valence electrons. The summed E-state index contributed by atoms with van der Waals surface area (Å²) in [7, 11) is 0. The number of hydrogen-bond donors (Lipinski definition) is 3. The van der Waals surface area contributed by atoms with Gasteiger partial charge in [0.15, 0.2) is 6.61 Å². The van der Waals surface area contributed by atoms with Crippen molar-refractivity contribution in [2.75, 3.05) is 6.61 Å². The van der Waals surface area contributed by atoms with Crippen LogP contribution in [0.1, 0.15) is 45.2 Å². The first-order valence-electron chi connectivity index (χ1n) is 10.2. The molecule has 2 aromatic carbocycles. The van der Waals surface area contributed by atoms with Crippen molar-refractivity contribution in [1.29, 1.82) is 0 Å². The molecule has 1 unspecified atom stereocenters. The quantitative estimate of drug-likeness (QED) is 0.485. The highest BCUT2D eigenvalue weighted by molar-refractivity contribution is 5.78. The van der Waals surface area contributed by atoms with E-state index in [9.17, 15) is 15.0 Å². The maximum Gasteiger partial charge on any atom is 0.258 e. The summed E-state index contributed by atoms with van der Waals surface area (Å²) in [5.41, 5.74) is 0.795. The summed E-state index contributed by atoms with van der Waals surface area (Å²) >= 11 is 0. The Morgan fingerprint density at radius 2 is 1.74 bits per heavy atom. The molecule has 5 N–H and O–H groups in total. The Bertz CT molecular complexity index is 966. The van der Waals surface area contributed by atoms with Gasteiger partial charge in [0.25, 0.3) is 5.91 Å². The van der Waals surface area contributed by atoms with E-state index in [1.807, 2.05) is 39.8 Å². The van der Waals surface area contributed by atoms with Gasteiger partial charge in [-0.25, -0.2) is 0 Å². The molecule has 0 aromatic heterocycles. The molecule has 0 spiro atoms. The van der Waals surface area contributed by atoms with E-state index in [0.717, 1.165) is 5.56 Å². The molecule has 1 atom stereocenters. The zero-order chi connectivity index (χ0) is 22.8. The van der Waals surface area contributed by atoms with Gasteiger partial charge in [-0.15, -0.1) is 0 Å². The maximum atomic E-state index is 12.5. The zero-order valence-electron chi connectivity index (χ0n) is 18.3. The molecule has 1 aliphatic rings. The van der Waals surface area contributed by atoms with Crippen LogP contribution in [-0.4, -0.2) is 50.1 Å². The number of phenols is 2. The van der Waals surface area contributed by atoms with Gasteiger partial charge in [-0.3, -0.25) is 4.79 Å². The first-order chi connectivity index (χ1) is 14.5. The van der Waals surface area contributed by atoms with Crippen LogP contribution in [0.2, 0.25) is 0 Å². The van der Waals surface area contributed by atoms with Crippen LogP contribution < -0.4 is 10.1 Å². The van der Waals surface area contributed by atoms with Crippen LogP contribution in [-0.2, 0) is 4.79 Å². The molecule has 0 saturated carbocycles. The molecule has 1 heterocycles. The molecule has 0 aliphatic carbocycles. The van der Waals surface area contributed by atoms with Gasteiger partial charge in [0.1, 0.15) is 22.8 Å². The second-order valence-corrected chi connectivity index (χ2v) is 9.10. The van der Waals surface area contributed by atoms with Crippen molar-refractivity contribution in [3.63, 3.8) is 0 Å². The summed E-state index contributed by atoms with van der Waals surface area (Å²) in [5, 5.41) is 32.2. The number of amides is 1. The lowest BCUT2D eigenvalue weighted by Gasteiger charge is -2.31. The number of ether oxygens (including phenoxy) is 1. The molecule has 2 aromatic rings. The predicted molar refractivity (Wildman–Crippen MR) is 121 cm³/mol. The van der Waals surface area contributed by atoms with Crippen LogP contribution in [0.5, 0.6) is 17.2 Å². The molecule has 0 radical (unpaired) electrons. The fourth-order valence-corrected chi connectivity index (χ4v) is 3.95. The molecule has 7 nitrogen and oxygen atoms in total. The standard InChI is InChI=1S/C24H30N2O5/c1-23(2)14-21(24(3,4)26(23)30)25-22(29)15-31-20-12-17(11-19(28)13-20)6-5-16-7-9-18(27)10-8-16/h5-13,21,27-28,30H,14-15H2,1-4H3,(H,25,29)/p+1/b6-5+. The molecule has 1 amide bonds. The van der Waals surface area contributed by atoms with E-state index in [0.29, 0.717) is 17.7 Å². The molecule has 31 heavy (non-hydrogen) atoms. The molecule has 7 heteroatoms. The summed E-state index contributed by atoms with van der Waals surface area (Å²) < 4.78 is 5.61. The Kier molecular flexibility index (Phi) is 6.29. The monoisotopic (exact) mass is 427 g/mol. The number of benzene rings is 2. The Balaban J connectivity index is 1.61. The van der Waals surface area contributed by atoms with E-state index in [2.05, 4.69) is 5.32 Å². The second-order valence-electron chi connectivity index (χ2n) is 9.10. The third kappa shape index (κ3) is 5.37. The van der Waals surface area contributed by atoms with Crippen molar-refractivity contribution >= 4 is 18.1 Å². The highest BCUT2D eigenvalue weighted by Gasteiger charge is 2.55. The summed E-state index contributed by atoms with van der Waals surface area (Å²) in [6.07, 6.45) is 4.33. The number of nitrogens with zero attached hydrogens (tertiary/aromatic N) is 1. The normalized spacial score (nSPS) is 20.1. The Labute approximate surface area is 182 Å². The third-order valence-electron chi connectivity index (χ3n) is 5.72. The van der Waals surface area contributed by atoms with Crippen LogP contribution in [0.15, 0.2) is 42.5 Å². The van der Waals surface area contributed by atoms with Gasteiger partial charge in [-0.1, -0.05) is 29.3 Å². The topological polar surface area (TPSA) is 105 Å². The number of carbonyl (C=O) groups is 1. The van der Waals surface area contributed by atoms with E-state index in [-0.39, 0.29) is 35.6 Å². The number of hydroxylamine groups is 2. The zero-order valence-corrected chi connectivity index (χ0v) is 18.3. The Morgan fingerprint density at radius 3 is 2.35 bits per heavy atom. The van der Waals surface area contributed by atoms with Gasteiger partial charge in [0.2, 0.25) is 0 Å². The highest BCUT2D eigenvalue weighted by Crippen LogP contribution is 2.39. The van der Waals surface area contributed by atoms with Crippen LogP contribution in [0, 0.1) is 0 Å². The summed E-state index contributed by atoms with van der Waals surface area (Å²) in [5.74, 6) is 0.345. The van der Waals surface area contributed by atoms with Crippen LogP contribution in [0.25, 0.3) is 12.2 Å². The smallest absolute Gasteiger partial charge is 0.258 e. The lowest BCUT2D eigenvalue weighted by molar-refractivity contribution is -0.194. The maximum absolute atomic E-state index is 12.5. The lowest BCUT2D eigenvalue weighted by Crippen LogP contribution is -2.53. The van der Waals surface area contributed by atoms with Crippen molar-refractivity contribution in [2.45, 2.75) is 51.2 Å². The van der Waals surface area contributed by atoms with Gasteiger partial charge in [0.05, 0.1) is 11.6 Å². The molecule has 0 bridgehead atoms. The summed E-state index contributed by atoms with van der Waals surface area (Å²) in [6.45, 7) is 7.69. The minimum atomic E-state index is -0.490. The van der Waals surface area contributed by atoms with Gasteiger partial charge < -0.3 is 25.5 Å². The third-order valence-corrected chi connectivity index (χ3v) is 5.72. The molecule has 3 rings (SSSR count). The fraction of sp³-hybridized carbons (Fsp3) is 0.375. The number of nitrogens with one attached hydrogen (secondary N) is 1. The van der Waals surface area contributed by atoms with Crippen molar-refractivity contribution < 1.29 is 25.0 Å². The van der Waals surface area contributed by atoms with Gasteiger partial charge in [-0.05, 0) is 69.5 Å². The molecular formula is C24H31N2O5+. The molecular weight excluding hydrogens is 396 g/mol. The first-order valence-corrected chi connectivity index (χ1v) is 10.2. The van der Waals surface area contributed by atoms with Crippen molar-refractivity contribution in [3.05, 3.63) is 53.6 Å². The number of rotatable bonds is 6. The van der Waals surface area contributed by atoms with E-state index < -0.39 is 5.54 Å². The van der Waals surface area contributed by atoms with E-state index >= 15 is 0 Å². The van der Waals surface area contributed by atoms with Gasteiger partial charge >= 0.3 is 0 Å². The Hall–Kier alpha value is -3.03. The fourth-order valence-electron chi connectivity index (χ4n) is 3.95. The van der Waals surface area contributed by atoms with Crippen molar-refractivity contribution in [1.82, 2.24) is 10.4 Å². The molecule has 1 aliphatic heterocycles. The average Bonchev–Trinajstić information content (AvgIpc) is 2.84. The van der Waals surface area contributed by atoms with Gasteiger partial charge in [0, 0.05) is 6.07 Å². The summed E-state index contributed by atoms with van der Waals surface area (Å²) in [4.78, 5) is 12.5. The van der Waals surface area contributed by atoms with Crippen molar-refractivity contribution in [3.8, 4) is 17.2 Å². The number of hydrogen-bond acceptors (Lipinski definition) is 5. The largest absolute Gasteiger partial charge is 0.508 e. The van der Waals surface area contributed by atoms with Crippen molar-refractivity contribution in [2.24, 2.45) is 0 Å². The first kappa shape index (κ1) is 22.7. The van der Waals surface area contributed by atoms with Crippen LogP contribution in [0.3, 0.4) is 0 Å². The van der Waals surface area contributed by atoms with Crippen LogP contribution >= 0.6 is 0 Å². The number of phenolic OH excluding ortho intramolecular Hbond substituents is 2. The molecule has 1 saturated heterocycles. The Morgan fingerprint density at radius 1 is 1.10 bits per heavy atom. The minimum Gasteiger partial charge on any atom is -0.508 e. The van der Waals surface area contributed by atoms with Crippen LogP contribution in [0.4, 0.5) is 0 Å². The lowest BCUT2D eigenvalue weighted by atomic mass is 9.94. The average molecular weight is 428 g/mol. The van der Waals surface area contributed by atoms with E-state index in [4.69, 9.17) is 9.94 Å². The summed E-state index contributed by atoms with van der Waals surface area (Å²) in [6, 6.07) is 11.4. The van der Waals surface area contributed by atoms with E-state index in [1.165, 1.54) is 6.07 Å². The minimum absolute atomic E-state index is 0.0341. The van der Waals surface area contributed by atoms with Gasteiger partial charge in [-0.2, -0.15) is 0 Å².